The van der Waals surface area contributed by atoms with Crippen LogP contribution in [0.3, 0.4) is 0 Å². The monoisotopic (exact) mass is 465 g/mol. The zero-order chi connectivity index (χ0) is 23.0. The number of nitrogens with one attached hydrogen (secondary N) is 1. The number of likely N-dealkylation sites (N-methyl/N-ethyl adjacent to an activating group) is 1. The first-order valence-corrected chi connectivity index (χ1v) is 13.3. The molecule has 1 amide bonds. The van der Waals surface area contributed by atoms with Crippen LogP contribution in [0.25, 0.3) is 0 Å². The molecule has 0 unspecified atom stereocenters. The minimum Gasteiger partial charge on any atom is -0.340 e. The van der Waals surface area contributed by atoms with Crippen LogP contribution in [-0.2, 0) is 21.2 Å². The molecule has 8 nitrogen and oxygen atoms in total. The van der Waals surface area contributed by atoms with E-state index in [0.717, 1.165) is 64.2 Å². The van der Waals surface area contributed by atoms with Crippen LogP contribution in [0.1, 0.15) is 25.3 Å². The molecule has 2 heterocycles. The summed E-state index contributed by atoms with van der Waals surface area (Å²) in [6.07, 6.45) is 1.85. The first-order chi connectivity index (χ1) is 15.4. The van der Waals surface area contributed by atoms with Gasteiger partial charge in [-0.05, 0) is 44.1 Å². The van der Waals surface area contributed by atoms with Crippen molar-refractivity contribution in [1.29, 1.82) is 0 Å². The van der Waals surface area contributed by atoms with E-state index in [1.165, 1.54) is 4.31 Å². The zero-order valence-corrected chi connectivity index (χ0v) is 20.4. The van der Waals surface area contributed by atoms with Gasteiger partial charge in [0.25, 0.3) is 0 Å². The Hall–Kier alpha value is -1.52. The number of sulfonamides is 1. The lowest BCUT2D eigenvalue weighted by atomic mass is 10.2. The van der Waals surface area contributed by atoms with E-state index in [2.05, 4.69) is 29.1 Å². The summed E-state index contributed by atoms with van der Waals surface area (Å²) in [6.45, 7) is 10.7. The van der Waals surface area contributed by atoms with E-state index in [1.54, 1.807) is 12.1 Å². The summed E-state index contributed by atoms with van der Waals surface area (Å²) in [7, 11) is -1.51. The van der Waals surface area contributed by atoms with Gasteiger partial charge in [0.1, 0.15) is 0 Å². The highest BCUT2D eigenvalue weighted by Gasteiger charge is 2.26. The fourth-order valence-corrected chi connectivity index (χ4v) is 5.71. The molecular weight excluding hydrogens is 426 g/mol. The third kappa shape index (κ3) is 6.99. The predicted molar refractivity (Wildman–Crippen MR) is 127 cm³/mol. The summed E-state index contributed by atoms with van der Waals surface area (Å²) in [4.78, 5) is 19.5. The fraction of sp³-hybridized carbons (Fsp3) is 0.696. The van der Waals surface area contributed by atoms with Crippen molar-refractivity contribution in [2.24, 2.45) is 0 Å². The number of carbonyl (C=O) groups is 1. The van der Waals surface area contributed by atoms with Gasteiger partial charge in [0.15, 0.2) is 0 Å². The van der Waals surface area contributed by atoms with E-state index in [0.29, 0.717) is 24.5 Å². The molecule has 180 valence electrons. The van der Waals surface area contributed by atoms with Gasteiger partial charge in [-0.2, -0.15) is 4.31 Å². The van der Waals surface area contributed by atoms with Crippen molar-refractivity contribution < 1.29 is 13.2 Å². The number of nitrogens with zero attached hydrogens (tertiary/aromatic N) is 4. The Morgan fingerprint density at radius 1 is 1.00 bits per heavy atom. The normalized spacial score (nSPS) is 18.9. The lowest BCUT2D eigenvalue weighted by molar-refractivity contribution is -0.131. The van der Waals surface area contributed by atoms with E-state index in [9.17, 15) is 13.2 Å². The fourth-order valence-electron chi connectivity index (χ4n) is 4.23. The zero-order valence-electron chi connectivity index (χ0n) is 19.6. The highest BCUT2D eigenvalue weighted by molar-refractivity contribution is 7.89. The maximum absolute atomic E-state index is 13.4. The molecule has 0 bridgehead atoms. The van der Waals surface area contributed by atoms with Gasteiger partial charge < -0.3 is 20.0 Å². The van der Waals surface area contributed by atoms with Gasteiger partial charge in [-0.3, -0.25) is 4.79 Å². The smallest absolute Gasteiger partial charge is 0.243 e. The van der Waals surface area contributed by atoms with Crippen molar-refractivity contribution >= 4 is 15.9 Å². The van der Waals surface area contributed by atoms with Gasteiger partial charge in [0, 0.05) is 71.9 Å². The van der Waals surface area contributed by atoms with Gasteiger partial charge in [0.05, 0.1) is 4.90 Å². The molecule has 2 saturated heterocycles. The predicted octanol–water partition coefficient (Wildman–Crippen LogP) is 0.699. The molecule has 0 atom stereocenters. The second-order valence-electron chi connectivity index (χ2n) is 8.78. The number of piperazine rings is 2. The maximum Gasteiger partial charge on any atom is 0.243 e. The first-order valence-electron chi connectivity index (χ1n) is 11.9. The summed E-state index contributed by atoms with van der Waals surface area (Å²) in [6, 6.07) is 7.14. The summed E-state index contributed by atoms with van der Waals surface area (Å²) in [5, 5.41) is 3.24. The van der Waals surface area contributed by atoms with Crippen LogP contribution in [-0.4, -0.2) is 112 Å². The quantitative estimate of drug-likeness (QED) is 0.548. The van der Waals surface area contributed by atoms with Crippen molar-refractivity contribution in [1.82, 2.24) is 24.3 Å². The number of carbonyl (C=O) groups excluding carboxylic acids is 1. The van der Waals surface area contributed by atoms with E-state index >= 15 is 0 Å². The second-order valence-corrected chi connectivity index (χ2v) is 10.7. The van der Waals surface area contributed by atoms with Gasteiger partial charge in [-0.25, -0.2) is 8.42 Å². The molecule has 0 saturated carbocycles. The number of amides is 1. The van der Waals surface area contributed by atoms with Crippen LogP contribution in [0.5, 0.6) is 0 Å². The summed E-state index contributed by atoms with van der Waals surface area (Å²) < 4.78 is 28.4. The van der Waals surface area contributed by atoms with Gasteiger partial charge in [-0.1, -0.05) is 19.1 Å². The molecule has 0 spiro atoms. The van der Waals surface area contributed by atoms with Crippen LogP contribution >= 0.6 is 0 Å². The Morgan fingerprint density at radius 3 is 2.28 bits per heavy atom. The third-order valence-electron chi connectivity index (χ3n) is 6.49. The van der Waals surface area contributed by atoms with Gasteiger partial charge in [-0.15, -0.1) is 0 Å². The van der Waals surface area contributed by atoms with Gasteiger partial charge >= 0.3 is 0 Å². The van der Waals surface area contributed by atoms with Crippen molar-refractivity contribution in [3.05, 3.63) is 29.8 Å². The SMILES string of the molecule is CCc1ccc(S(=O)(=O)N(CCCN2CCN(C)CC2)CCC(=O)N2CCNCC2)cc1. The first kappa shape index (κ1) is 25.1. The Balaban J connectivity index is 1.63. The lowest BCUT2D eigenvalue weighted by Gasteiger charge is -2.33. The molecular formula is C23H39N5O3S. The molecule has 0 radical (unpaired) electrons. The van der Waals surface area contributed by atoms with Crippen LogP contribution in [0.4, 0.5) is 0 Å². The molecule has 1 N–H and O–H groups in total. The molecule has 32 heavy (non-hydrogen) atoms. The largest absolute Gasteiger partial charge is 0.340 e. The highest BCUT2D eigenvalue weighted by Crippen LogP contribution is 2.18. The number of aryl methyl sites for hydroxylation is 1. The van der Waals surface area contributed by atoms with E-state index < -0.39 is 10.0 Å². The van der Waals surface area contributed by atoms with Gasteiger partial charge in [0.2, 0.25) is 15.9 Å². The number of rotatable bonds is 10. The standard InChI is InChI=1S/C23H39N5O3S/c1-3-21-5-7-22(8-6-21)32(30,31)28(13-4-12-26-19-17-25(2)18-20-26)14-9-23(29)27-15-10-24-11-16-27/h5-8,24H,3-4,9-20H2,1-2H3. The molecule has 3 rings (SSSR count). The second kappa shape index (κ2) is 12.1. The average Bonchev–Trinajstić information content (AvgIpc) is 2.82. The van der Waals surface area contributed by atoms with E-state index in [4.69, 9.17) is 0 Å². The average molecular weight is 466 g/mol. The third-order valence-corrected chi connectivity index (χ3v) is 8.40. The minimum absolute atomic E-state index is 0.0344. The number of hydrogen-bond donors (Lipinski definition) is 1. The Kier molecular flexibility index (Phi) is 9.48. The summed E-state index contributed by atoms with van der Waals surface area (Å²) >= 11 is 0. The van der Waals surface area contributed by atoms with Crippen LogP contribution in [0.2, 0.25) is 0 Å². The molecule has 2 aliphatic rings. The van der Waals surface area contributed by atoms with E-state index in [-0.39, 0.29) is 18.9 Å². The molecule has 1 aromatic rings. The number of benzene rings is 1. The maximum atomic E-state index is 13.4. The molecule has 2 aliphatic heterocycles. The Bertz CT molecular complexity index is 817. The topological polar surface area (TPSA) is 76.2 Å². The van der Waals surface area contributed by atoms with Crippen LogP contribution in [0.15, 0.2) is 29.2 Å². The molecule has 9 heteroatoms. The van der Waals surface area contributed by atoms with Crippen LogP contribution < -0.4 is 5.32 Å². The molecule has 0 aliphatic carbocycles. The summed E-state index contributed by atoms with van der Waals surface area (Å²) in [5.41, 5.74) is 1.11. The highest BCUT2D eigenvalue weighted by atomic mass is 32.2. The minimum atomic E-state index is -3.64. The summed E-state index contributed by atoms with van der Waals surface area (Å²) in [5.74, 6) is 0.0344. The Morgan fingerprint density at radius 2 is 1.66 bits per heavy atom. The van der Waals surface area contributed by atoms with Crippen molar-refractivity contribution in [2.45, 2.75) is 31.1 Å². The van der Waals surface area contributed by atoms with Crippen molar-refractivity contribution in [3.63, 3.8) is 0 Å². The van der Waals surface area contributed by atoms with Crippen molar-refractivity contribution in [2.75, 3.05) is 79.0 Å². The van der Waals surface area contributed by atoms with Crippen molar-refractivity contribution in [3.8, 4) is 0 Å². The van der Waals surface area contributed by atoms with E-state index in [1.807, 2.05) is 17.0 Å². The van der Waals surface area contributed by atoms with Crippen LogP contribution in [0, 0.1) is 0 Å². The molecule has 2 fully saturated rings. The molecule has 1 aromatic carbocycles. The molecule has 0 aromatic heterocycles. The Labute approximate surface area is 193 Å². The number of hydrogen-bond acceptors (Lipinski definition) is 6. The lowest BCUT2D eigenvalue weighted by Crippen LogP contribution is -2.47.